The molecule has 0 spiro atoms. The minimum absolute atomic E-state index is 0.154. The molecule has 0 radical (unpaired) electrons. The minimum Gasteiger partial charge on any atom is -0.325 e. The molecule has 2 aromatic carbocycles. The van der Waals surface area contributed by atoms with Crippen LogP contribution in [0.1, 0.15) is 17.5 Å². The maximum absolute atomic E-state index is 12.5. The standard InChI is InChI=1S/C19H22N4O2/c20-22-16-10-8-15(9-11-16)13-17-18(24)23(19(25)21-17)12-4-7-14-5-2-1-3-6-14/h1-3,5-6,8-11,17,22H,4,7,12-13,20H2,(H,21,25). The van der Waals surface area contributed by atoms with Crippen LogP contribution in [0, 0.1) is 0 Å². The summed E-state index contributed by atoms with van der Waals surface area (Å²) < 4.78 is 0. The summed E-state index contributed by atoms with van der Waals surface area (Å²) in [6.45, 7) is 0.437. The number of aryl methyl sites for hydroxylation is 1. The van der Waals surface area contributed by atoms with Gasteiger partial charge in [0.1, 0.15) is 6.04 Å². The molecule has 1 fully saturated rings. The number of rotatable bonds is 7. The topological polar surface area (TPSA) is 87.5 Å². The van der Waals surface area contributed by atoms with Crippen LogP contribution in [0.15, 0.2) is 54.6 Å². The number of imide groups is 1. The predicted octanol–water partition coefficient (Wildman–Crippen LogP) is 2.07. The molecule has 6 nitrogen and oxygen atoms in total. The number of carbonyl (C=O) groups is 2. The highest BCUT2D eigenvalue weighted by molar-refractivity contribution is 6.04. The van der Waals surface area contributed by atoms with Crippen LogP contribution in [0.4, 0.5) is 10.5 Å². The van der Waals surface area contributed by atoms with Gasteiger partial charge >= 0.3 is 6.03 Å². The average Bonchev–Trinajstić information content (AvgIpc) is 2.90. The van der Waals surface area contributed by atoms with Crippen molar-refractivity contribution < 1.29 is 9.59 Å². The van der Waals surface area contributed by atoms with Crippen molar-refractivity contribution in [3.63, 3.8) is 0 Å². The van der Waals surface area contributed by atoms with Crippen LogP contribution in [-0.2, 0) is 17.6 Å². The van der Waals surface area contributed by atoms with E-state index in [2.05, 4.69) is 22.9 Å². The zero-order valence-corrected chi connectivity index (χ0v) is 13.9. The maximum Gasteiger partial charge on any atom is 0.324 e. The molecule has 0 aromatic heterocycles. The summed E-state index contributed by atoms with van der Waals surface area (Å²) in [7, 11) is 0. The van der Waals surface area contributed by atoms with Gasteiger partial charge in [-0.05, 0) is 36.1 Å². The van der Waals surface area contributed by atoms with E-state index >= 15 is 0 Å². The molecule has 1 aliphatic rings. The third-order valence-electron chi connectivity index (χ3n) is 4.36. The molecule has 1 atom stereocenters. The fourth-order valence-corrected chi connectivity index (χ4v) is 2.99. The molecular formula is C19H22N4O2. The van der Waals surface area contributed by atoms with Gasteiger partial charge in [-0.25, -0.2) is 4.79 Å². The Morgan fingerprint density at radius 1 is 1.00 bits per heavy atom. The van der Waals surface area contributed by atoms with Crippen molar-refractivity contribution in [1.29, 1.82) is 0 Å². The van der Waals surface area contributed by atoms with E-state index in [-0.39, 0.29) is 11.9 Å². The first kappa shape index (κ1) is 17.0. The van der Waals surface area contributed by atoms with Gasteiger partial charge in [-0.2, -0.15) is 0 Å². The molecule has 0 bridgehead atoms. The Morgan fingerprint density at radius 3 is 2.40 bits per heavy atom. The molecular weight excluding hydrogens is 316 g/mol. The number of nitrogens with one attached hydrogen (secondary N) is 2. The number of hydrogen-bond donors (Lipinski definition) is 3. The lowest BCUT2D eigenvalue weighted by atomic mass is 10.1. The van der Waals surface area contributed by atoms with Crippen LogP contribution in [-0.4, -0.2) is 29.4 Å². The Morgan fingerprint density at radius 2 is 1.72 bits per heavy atom. The lowest BCUT2D eigenvalue weighted by Gasteiger charge is -2.13. The number of nitrogens with zero attached hydrogens (tertiary/aromatic N) is 1. The molecule has 2 aromatic rings. The highest BCUT2D eigenvalue weighted by atomic mass is 16.2. The van der Waals surface area contributed by atoms with Crippen LogP contribution in [0.25, 0.3) is 0 Å². The molecule has 6 heteroatoms. The number of anilines is 1. The Balaban J connectivity index is 1.54. The number of benzene rings is 2. The van der Waals surface area contributed by atoms with Crippen molar-refractivity contribution in [3.8, 4) is 0 Å². The Kier molecular flexibility index (Phi) is 5.30. The SMILES string of the molecule is NNc1ccc(CC2NC(=O)N(CCCc3ccccc3)C2=O)cc1. The first-order chi connectivity index (χ1) is 12.2. The van der Waals surface area contributed by atoms with Gasteiger partial charge in [0.05, 0.1) is 0 Å². The molecule has 25 heavy (non-hydrogen) atoms. The zero-order chi connectivity index (χ0) is 17.6. The summed E-state index contributed by atoms with van der Waals surface area (Å²) in [5.74, 6) is 5.19. The largest absolute Gasteiger partial charge is 0.325 e. The van der Waals surface area contributed by atoms with Gasteiger partial charge < -0.3 is 10.7 Å². The van der Waals surface area contributed by atoms with Gasteiger partial charge in [0.25, 0.3) is 5.91 Å². The first-order valence-corrected chi connectivity index (χ1v) is 8.39. The van der Waals surface area contributed by atoms with Crippen molar-refractivity contribution in [2.45, 2.75) is 25.3 Å². The van der Waals surface area contributed by atoms with E-state index in [0.29, 0.717) is 13.0 Å². The van der Waals surface area contributed by atoms with E-state index in [1.807, 2.05) is 42.5 Å². The van der Waals surface area contributed by atoms with E-state index in [1.54, 1.807) is 0 Å². The summed E-state index contributed by atoms with van der Waals surface area (Å²) in [5, 5.41) is 2.78. The maximum atomic E-state index is 12.5. The summed E-state index contributed by atoms with van der Waals surface area (Å²) in [4.78, 5) is 25.9. The molecule has 1 saturated heterocycles. The Labute approximate surface area is 147 Å². The third kappa shape index (κ3) is 4.16. The molecule has 0 aliphatic carbocycles. The van der Waals surface area contributed by atoms with Crippen LogP contribution in [0.5, 0.6) is 0 Å². The van der Waals surface area contributed by atoms with Crippen LogP contribution < -0.4 is 16.6 Å². The van der Waals surface area contributed by atoms with Crippen molar-refractivity contribution in [1.82, 2.24) is 10.2 Å². The lowest BCUT2D eigenvalue weighted by Crippen LogP contribution is -2.33. The van der Waals surface area contributed by atoms with Gasteiger partial charge in [0.15, 0.2) is 0 Å². The van der Waals surface area contributed by atoms with Gasteiger partial charge in [0.2, 0.25) is 0 Å². The lowest BCUT2D eigenvalue weighted by molar-refractivity contribution is -0.127. The number of hydrazine groups is 1. The fraction of sp³-hybridized carbons (Fsp3) is 0.263. The molecule has 3 rings (SSSR count). The normalized spacial score (nSPS) is 16.8. The summed E-state index contributed by atoms with van der Waals surface area (Å²) in [6.07, 6.45) is 2.08. The van der Waals surface area contributed by atoms with Crippen LogP contribution in [0.2, 0.25) is 0 Å². The molecule has 1 heterocycles. The zero-order valence-electron chi connectivity index (χ0n) is 13.9. The van der Waals surface area contributed by atoms with E-state index < -0.39 is 6.04 Å². The molecule has 0 saturated carbocycles. The number of nitrogens with two attached hydrogens (primary N) is 1. The molecule has 4 N–H and O–H groups in total. The van der Waals surface area contributed by atoms with Crippen molar-refractivity contribution in [2.75, 3.05) is 12.0 Å². The highest BCUT2D eigenvalue weighted by Gasteiger charge is 2.37. The monoisotopic (exact) mass is 338 g/mol. The molecule has 1 unspecified atom stereocenters. The summed E-state index contributed by atoms with van der Waals surface area (Å²) in [6, 6.07) is 16.7. The van der Waals surface area contributed by atoms with Crippen LogP contribution >= 0.6 is 0 Å². The molecule has 130 valence electrons. The summed E-state index contributed by atoms with van der Waals surface area (Å²) >= 11 is 0. The average molecular weight is 338 g/mol. The van der Waals surface area contributed by atoms with E-state index in [9.17, 15) is 9.59 Å². The highest BCUT2D eigenvalue weighted by Crippen LogP contribution is 2.15. The Hall–Kier alpha value is -2.86. The van der Waals surface area contributed by atoms with E-state index in [1.165, 1.54) is 10.5 Å². The first-order valence-electron chi connectivity index (χ1n) is 8.39. The number of amides is 3. The second-order valence-electron chi connectivity index (χ2n) is 6.13. The second-order valence-corrected chi connectivity index (χ2v) is 6.13. The van der Waals surface area contributed by atoms with Crippen molar-refractivity contribution >= 4 is 17.6 Å². The number of carbonyl (C=O) groups excluding carboxylic acids is 2. The van der Waals surface area contributed by atoms with Crippen LogP contribution in [0.3, 0.4) is 0 Å². The van der Waals surface area contributed by atoms with E-state index in [0.717, 1.165) is 24.1 Å². The quantitative estimate of drug-likeness (QED) is 0.410. The van der Waals surface area contributed by atoms with Gasteiger partial charge in [-0.1, -0.05) is 42.5 Å². The minimum atomic E-state index is -0.499. The fourth-order valence-electron chi connectivity index (χ4n) is 2.99. The number of urea groups is 1. The Bertz CT molecular complexity index is 731. The number of hydrogen-bond acceptors (Lipinski definition) is 4. The smallest absolute Gasteiger partial charge is 0.324 e. The predicted molar refractivity (Wildman–Crippen MR) is 96.8 cm³/mol. The van der Waals surface area contributed by atoms with Gasteiger partial charge in [0, 0.05) is 18.7 Å². The van der Waals surface area contributed by atoms with E-state index in [4.69, 9.17) is 5.84 Å². The number of nitrogen functional groups attached to an aromatic ring is 1. The second kappa shape index (κ2) is 7.81. The summed E-state index contributed by atoms with van der Waals surface area (Å²) in [5.41, 5.74) is 5.55. The molecule has 1 aliphatic heterocycles. The van der Waals surface area contributed by atoms with Crippen molar-refractivity contribution in [2.24, 2.45) is 5.84 Å². The van der Waals surface area contributed by atoms with Gasteiger partial charge in [-0.3, -0.25) is 15.5 Å². The van der Waals surface area contributed by atoms with Crippen molar-refractivity contribution in [3.05, 3.63) is 65.7 Å². The molecule has 3 amide bonds. The van der Waals surface area contributed by atoms with Gasteiger partial charge in [-0.15, -0.1) is 0 Å². The third-order valence-corrected chi connectivity index (χ3v) is 4.36.